The highest BCUT2D eigenvalue weighted by Gasteiger charge is 2.33. The SMILES string of the molecule is CCC(=O)c1ccc(N2CCN(Cc3cnc4c(c3)CC(=O)C(C3CC3)=C4)CC2)cn1. The van der Waals surface area contributed by atoms with Crippen molar-refractivity contribution in [2.45, 2.75) is 39.2 Å². The van der Waals surface area contributed by atoms with Gasteiger partial charge < -0.3 is 4.90 Å². The number of allylic oxidation sites excluding steroid dienone is 1. The Kier molecular flexibility index (Phi) is 5.40. The van der Waals surface area contributed by atoms with Crippen LogP contribution in [0.1, 0.15) is 53.5 Å². The molecule has 1 saturated heterocycles. The first-order valence-electron chi connectivity index (χ1n) is 11.3. The monoisotopic (exact) mass is 416 g/mol. The first-order chi connectivity index (χ1) is 15.1. The number of piperazine rings is 1. The van der Waals surface area contributed by atoms with Crippen molar-refractivity contribution in [2.75, 3.05) is 31.1 Å². The Bertz CT molecular complexity index is 1030. The summed E-state index contributed by atoms with van der Waals surface area (Å²) in [6, 6.07) is 6.00. The molecule has 6 heteroatoms. The third-order valence-corrected chi connectivity index (χ3v) is 6.54. The van der Waals surface area contributed by atoms with Gasteiger partial charge in [-0.2, -0.15) is 0 Å². The molecule has 0 N–H and O–H groups in total. The lowest BCUT2D eigenvalue weighted by atomic mass is 9.91. The average Bonchev–Trinajstić information content (AvgIpc) is 3.64. The van der Waals surface area contributed by atoms with E-state index in [1.165, 1.54) is 5.56 Å². The molecule has 0 aromatic carbocycles. The van der Waals surface area contributed by atoms with Crippen molar-refractivity contribution in [1.29, 1.82) is 0 Å². The molecule has 1 aliphatic heterocycles. The van der Waals surface area contributed by atoms with Crippen LogP contribution >= 0.6 is 0 Å². The standard InChI is InChI=1S/C25H28N4O2/c1-2-24(30)22-6-5-20(15-27-22)29-9-7-28(8-10-29)16-17-11-19-12-25(31)21(18-3-4-18)13-23(19)26-14-17/h5-6,11,13-15,18H,2-4,7-10,12,16H2,1H3. The highest BCUT2D eigenvalue weighted by atomic mass is 16.1. The quantitative estimate of drug-likeness (QED) is 0.673. The number of hydrogen-bond acceptors (Lipinski definition) is 6. The molecule has 3 aliphatic rings. The molecule has 2 aliphatic carbocycles. The van der Waals surface area contributed by atoms with E-state index in [1.807, 2.05) is 37.5 Å². The fourth-order valence-corrected chi connectivity index (χ4v) is 4.51. The van der Waals surface area contributed by atoms with Gasteiger partial charge in [0.2, 0.25) is 0 Å². The fourth-order valence-electron chi connectivity index (χ4n) is 4.51. The first-order valence-corrected chi connectivity index (χ1v) is 11.3. The van der Waals surface area contributed by atoms with Gasteiger partial charge in [-0.25, -0.2) is 0 Å². The molecular formula is C25H28N4O2. The molecule has 31 heavy (non-hydrogen) atoms. The second-order valence-electron chi connectivity index (χ2n) is 8.80. The number of anilines is 1. The van der Waals surface area contributed by atoms with Gasteiger partial charge in [-0.1, -0.05) is 13.0 Å². The second-order valence-corrected chi connectivity index (χ2v) is 8.80. The number of aromatic nitrogens is 2. The summed E-state index contributed by atoms with van der Waals surface area (Å²) in [4.78, 5) is 38.0. The molecule has 3 heterocycles. The molecular weight excluding hydrogens is 388 g/mol. The number of rotatable bonds is 6. The number of pyridine rings is 2. The van der Waals surface area contributed by atoms with Crippen LogP contribution in [0.3, 0.4) is 0 Å². The summed E-state index contributed by atoms with van der Waals surface area (Å²) in [7, 11) is 0. The molecule has 2 fully saturated rings. The molecule has 0 radical (unpaired) electrons. The minimum Gasteiger partial charge on any atom is -0.368 e. The molecule has 0 atom stereocenters. The van der Waals surface area contributed by atoms with Crippen LogP contribution in [0.15, 0.2) is 36.2 Å². The summed E-state index contributed by atoms with van der Waals surface area (Å²) in [6.07, 6.45) is 9.07. The largest absolute Gasteiger partial charge is 0.368 e. The Morgan fingerprint density at radius 1 is 1.10 bits per heavy atom. The normalized spacial score (nSPS) is 19.2. The van der Waals surface area contributed by atoms with E-state index in [0.29, 0.717) is 24.5 Å². The van der Waals surface area contributed by atoms with Gasteiger partial charge in [0.25, 0.3) is 0 Å². The van der Waals surface area contributed by atoms with Crippen LogP contribution in [0.25, 0.3) is 6.08 Å². The van der Waals surface area contributed by atoms with Crippen LogP contribution in [-0.4, -0.2) is 52.6 Å². The molecule has 6 nitrogen and oxygen atoms in total. The molecule has 0 amide bonds. The van der Waals surface area contributed by atoms with Crippen LogP contribution in [0, 0.1) is 5.92 Å². The Balaban J connectivity index is 1.19. The number of hydrogen-bond donors (Lipinski definition) is 0. The van der Waals surface area contributed by atoms with E-state index in [4.69, 9.17) is 0 Å². The highest BCUT2D eigenvalue weighted by Crippen LogP contribution is 2.40. The maximum absolute atomic E-state index is 12.5. The lowest BCUT2D eigenvalue weighted by Gasteiger charge is -2.36. The number of carbonyl (C=O) groups is 2. The van der Waals surface area contributed by atoms with Gasteiger partial charge in [0.05, 0.1) is 17.6 Å². The van der Waals surface area contributed by atoms with E-state index in [9.17, 15) is 9.59 Å². The maximum Gasteiger partial charge on any atom is 0.180 e. The Morgan fingerprint density at radius 2 is 1.90 bits per heavy atom. The summed E-state index contributed by atoms with van der Waals surface area (Å²) in [5.74, 6) is 0.843. The van der Waals surface area contributed by atoms with E-state index in [-0.39, 0.29) is 11.6 Å². The molecule has 2 aromatic heterocycles. The van der Waals surface area contributed by atoms with Gasteiger partial charge in [0.15, 0.2) is 11.6 Å². The van der Waals surface area contributed by atoms with Crippen LogP contribution in [-0.2, 0) is 17.8 Å². The molecule has 0 bridgehead atoms. The second kappa shape index (κ2) is 8.35. The van der Waals surface area contributed by atoms with Crippen LogP contribution in [0.4, 0.5) is 5.69 Å². The van der Waals surface area contributed by atoms with Crippen molar-refractivity contribution in [3.63, 3.8) is 0 Å². The smallest absolute Gasteiger partial charge is 0.180 e. The van der Waals surface area contributed by atoms with Gasteiger partial charge in [-0.05, 0) is 48.1 Å². The molecule has 5 rings (SSSR count). The van der Waals surface area contributed by atoms with Crippen molar-refractivity contribution in [1.82, 2.24) is 14.9 Å². The predicted octanol–water partition coefficient (Wildman–Crippen LogP) is 3.31. The van der Waals surface area contributed by atoms with E-state index in [2.05, 4.69) is 25.8 Å². The Morgan fingerprint density at radius 3 is 2.58 bits per heavy atom. The van der Waals surface area contributed by atoms with Gasteiger partial charge in [-0.3, -0.25) is 24.5 Å². The number of carbonyl (C=O) groups excluding carboxylic acids is 2. The van der Waals surface area contributed by atoms with Crippen molar-refractivity contribution < 1.29 is 9.59 Å². The van der Waals surface area contributed by atoms with Crippen molar-refractivity contribution in [3.8, 4) is 0 Å². The topological polar surface area (TPSA) is 66.4 Å². The average molecular weight is 417 g/mol. The zero-order valence-corrected chi connectivity index (χ0v) is 18.0. The molecule has 2 aromatic rings. The molecule has 1 saturated carbocycles. The van der Waals surface area contributed by atoms with E-state index in [1.54, 1.807) is 0 Å². The van der Waals surface area contributed by atoms with Gasteiger partial charge in [-0.15, -0.1) is 0 Å². The molecule has 160 valence electrons. The zero-order chi connectivity index (χ0) is 21.4. The minimum absolute atomic E-state index is 0.0796. The lowest BCUT2D eigenvalue weighted by molar-refractivity contribution is -0.115. The van der Waals surface area contributed by atoms with Gasteiger partial charge in [0.1, 0.15) is 5.69 Å². The van der Waals surface area contributed by atoms with Crippen LogP contribution in [0.2, 0.25) is 0 Å². The predicted molar refractivity (Wildman–Crippen MR) is 120 cm³/mol. The van der Waals surface area contributed by atoms with Crippen molar-refractivity contribution >= 4 is 23.3 Å². The van der Waals surface area contributed by atoms with Gasteiger partial charge >= 0.3 is 0 Å². The van der Waals surface area contributed by atoms with E-state index in [0.717, 1.165) is 68.1 Å². The third-order valence-electron chi connectivity index (χ3n) is 6.54. The van der Waals surface area contributed by atoms with E-state index < -0.39 is 0 Å². The summed E-state index contributed by atoms with van der Waals surface area (Å²) in [5.41, 5.74) is 5.82. The number of fused-ring (bicyclic) bond motifs is 1. The molecule has 0 unspecified atom stereocenters. The summed E-state index contributed by atoms with van der Waals surface area (Å²) in [6.45, 7) is 6.47. The Labute approximate surface area is 183 Å². The summed E-state index contributed by atoms with van der Waals surface area (Å²) in [5, 5.41) is 0. The highest BCUT2D eigenvalue weighted by molar-refractivity contribution is 6.04. The van der Waals surface area contributed by atoms with Gasteiger partial charge in [0, 0.05) is 57.3 Å². The third kappa shape index (κ3) is 4.30. The number of ketones is 2. The Hall–Kier alpha value is -2.86. The summed E-state index contributed by atoms with van der Waals surface area (Å²) >= 11 is 0. The van der Waals surface area contributed by atoms with Crippen LogP contribution < -0.4 is 4.90 Å². The van der Waals surface area contributed by atoms with Crippen molar-refractivity contribution in [2.24, 2.45) is 5.92 Å². The molecule has 0 spiro atoms. The van der Waals surface area contributed by atoms with E-state index >= 15 is 0 Å². The minimum atomic E-state index is 0.0796. The number of nitrogens with zero attached hydrogens (tertiary/aromatic N) is 4. The maximum atomic E-state index is 12.5. The van der Waals surface area contributed by atoms with Crippen LogP contribution in [0.5, 0.6) is 0 Å². The number of Topliss-reactive ketones (excluding diaryl/α,β-unsaturated/α-hetero) is 2. The fraction of sp³-hybridized carbons (Fsp3) is 0.440. The zero-order valence-electron chi connectivity index (χ0n) is 18.0. The summed E-state index contributed by atoms with van der Waals surface area (Å²) < 4.78 is 0. The lowest BCUT2D eigenvalue weighted by Crippen LogP contribution is -2.46. The van der Waals surface area contributed by atoms with Crippen molar-refractivity contribution in [3.05, 3.63) is 58.7 Å². The first kappa shape index (κ1) is 20.1.